The lowest BCUT2D eigenvalue weighted by Crippen LogP contribution is -2.13. The number of nitro benzene ring substituents is 1. The van der Waals surface area contributed by atoms with Crippen LogP contribution in [0.2, 0.25) is 0 Å². The number of carbonyl (C=O) groups is 2. The molecule has 0 unspecified atom stereocenters. The van der Waals surface area contributed by atoms with Crippen molar-refractivity contribution in [1.29, 1.82) is 0 Å². The third-order valence-corrected chi connectivity index (χ3v) is 5.56. The largest absolute Gasteiger partial charge is 0.425 e. The molecule has 0 saturated carbocycles. The van der Waals surface area contributed by atoms with Crippen molar-refractivity contribution in [3.63, 3.8) is 0 Å². The summed E-state index contributed by atoms with van der Waals surface area (Å²) in [4.78, 5) is 46.1. The average molecular weight is 442 g/mol. The molecular weight excluding hydrogens is 424 g/mol. The van der Waals surface area contributed by atoms with Crippen LogP contribution in [0.4, 0.5) is 5.69 Å². The zero-order valence-electron chi connectivity index (χ0n) is 16.7. The fourth-order valence-corrected chi connectivity index (χ4v) is 3.76. The summed E-state index contributed by atoms with van der Waals surface area (Å²) in [5.74, 6) is -1.38. The smallest absolute Gasteiger partial charge is 0.336 e. The van der Waals surface area contributed by atoms with Gasteiger partial charge in [0.25, 0.3) is 5.69 Å². The van der Waals surface area contributed by atoms with Gasteiger partial charge < -0.3 is 14.9 Å². The molecule has 0 aliphatic carbocycles. The fraction of sp³-hybridized carbons (Fsp3) is 0.190. The predicted molar refractivity (Wildman–Crippen MR) is 115 cm³/mol. The van der Waals surface area contributed by atoms with Gasteiger partial charge in [0.15, 0.2) is 0 Å². The maximum Gasteiger partial charge on any atom is 0.336 e. The van der Waals surface area contributed by atoms with E-state index in [0.29, 0.717) is 12.0 Å². The van der Waals surface area contributed by atoms with Gasteiger partial charge in [0.1, 0.15) is 11.3 Å². The summed E-state index contributed by atoms with van der Waals surface area (Å²) in [5, 5.41) is 12.0. The Kier molecular flexibility index (Phi) is 6.40. The van der Waals surface area contributed by atoms with E-state index < -0.39 is 22.4 Å². The summed E-state index contributed by atoms with van der Waals surface area (Å²) in [7, 11) is 0. The molecule has 0 aliphatic heterocycles. The monoisotopic (exact) mass is 442 g/mol. The maximum absolute atomic E-state index is 12.4. The molecule has 0 bridgehead atoms. The molecule has 160 valence electrons. The summed E-state index contributed by atoms with van der Waals surface area (Å²) in [5.41, 5.74) is 6.12. The maximum atomic E-state index is 12.4. The molecule has 1 aromatic heterocycles. The van der Waals surface area contributed by atoms with Crippen LogP contribution in [-0.4, -0.2) is 22.6 Å². The van der Waals surface area contributed by atoms with E-state index in [4.69, 9.17) is 14.9 Å². The van der Waals surface area contributed by atoms with E-state index in [1.807, 2.05) is 6.92 Å². The van der Waals surface area contributed by atoms with E-state index >= 15 is 0 Å². The number of amides is 1. The number of thioether (sulfide) groups is 1. The molecule has 2 aromatic carbocycles. The van der Waals surface area contributed by atoms with Gasteiger partial charge in [-0.25, -0.2) is 4.79 Å². The number of carbonyl (C=O) groups excluding carboxylic acids is 2. The number of fused-ring (bicyclic) bond motifs is 1. The van der Waals surface area contributed by atoms with Crippen LogP contribution in [0.1, 0.15) is 28.4 Å². The quantitative estimate of drug-likeness (QED) is 0.146. The van der Waals surface area contributed by atoms with Gasteiger partial charge in [-0.2, -0.15) is 0 Å². The second-order valence-electron chi connectivity index (χ2n) is 6.62. The Hall–Kier alpha value is -3.66. The van der Waals surface area contributed by atoms with Crippen LogP contribution in [0.5, 0.6) is 5.75 Å². The topological polar surface area (TPSA) is 143 Å². The van der Waals surface area contributed by atoms with Gasteiger partial charge in [-0.3, -0.25) is 19.7 Å². The minimum Gasteiger partial charge on any atom is -0.425 e. The van der Waals surface area contributed by atoms with Gasteiger partial charge in [0, 0.05) is 29.1 Å². The molecule has 0 atom stereocenters. The molecule has 0 aliphatic rings. The third kappa shape index (κ3) is 4.92. The van der Waals surface area contributed by atoms with Gasteiger partial charge in [-0.05, 0) is 42.7 Å². The van der Waals surface area contributed by atoms with Crippen LogP contribution in [-0.2, 0) is 11.2 Å². The molecule has 31 heavy (non-hydrogen) atoms. The Balaban J connectivity index is 1.81. The van der Waals surface area contributed by atoms with Gasteiger partial charge in [-0.15, -0.1) is 11.8 Å². The first-order valence-corrected chi connectivity index (χ1v) is 10.2. The standard InChI is InChI=1S/C21H18N2O7S/c1-3-12-7-14-11(2)6-19(24)30-17(14)9-16(12)29-20(25)10-31-18-5-4-13(21(22)26)8-15(18)23(27)28/h4-9H,3,10H2,1-2H3,(H2,22,26). The van der Waals surface area contributed by atoms with Crippen molar-refractivity contribution in [3.8, 4) is 5.75 Å². The second-order valence-corrected chi connectivity index (χ2v) is 7.64. The Morgan fingerprint density at radius 2 is 1.97 bits per heavy atom. The lowest BCUT2D eigenvalue weighted by Gasteiger charge is -2.11. The SMILES string of the molecule is CCc1cc2c(C)cc(=O)oc2cc1OC(=O)CSc1ccc(C(N)=O)cc1[N+](=O)[O-]. The number of esters is 1. The van der Waals surface area contributed by atoms with Crippen LogP contribution in [0.15, 0.2) is 50.5 Å². The summed E-state index contributed by atoms with van der Waals surface area (Å²) >= 11 is 0.903. The second kappa shape index (κ2) is 9.00. The number of nitrogens with zero attached hydrogens (tertiary/aromatic N) is 1. The van der Waals surface area contributed by atoms with Crippen molar-refractivity contribution in [2.24, 2.45) is 5.73 Å². The number of ether oxygens (including phenoxy) is 1. The highest BCUT2D eigenvalue weighted by Crippen LogP contribution is 2.31. The number of hydrogen-bond acceptors (Lipinski definition) is 8. The normalized spacial score (nSPS) is 10.8. The molecule has 0 fully saturated rings. The fourth-order valence-electron chi connectivity index (χ4n) is 2.99. The first-order valence-electron chi connectivity index (χ1n) is 9.18. The third-order valence-electron chi connectivity index (χ3n) is 4.52. The summed E-state index contributed by atoms with van der Waals surface area (Å²) in [6.07, 6.45) is 0.574. The molecular formula is C21H18N2O7S. The first-order chi connectivity index (χ1) is 14.7. The van der Waals surface area contributed by atoms with Crippen molar-refractivity contribution in [1.82, 2.24) is 0 Å². The molecule has 3 aromatic rings. The zero-order valence-corrected chi connectivity index (χ0v) is 17.5. The molecule has 10 heteroatoms. The van der Waals surface area contributed by atoms with Crippen LogP contribution in [0.25, 0.3) is 11.0 Å². The summed E-state index contributed by atoms with van der Waals surface area (Å²) < 4.78 is 10.6. The lowest BCUT2D eigenvalue weighted by atomic mass is 10.1. The number of aryl methyl sites for hydroxylation is 2. The molecule has 1 amide bonds. The first kappa shape index (κ1) is 22.0. The van der Waals surface area contributed by atoms with Gasteiger partial charge >= 0.3 is 11.6 Å². The van der Waals surface area contributed by atoms with Crippen LogP contribution < -0.4 is 16.1 Å². The van der Waals surface area contributed by atoms with Crippen molar-refractivity contribution >= 4 is 40.3 Å². The van der Waals surface area contributed by atoms with Crippen molar-refractivity contribution in [2.45, 2.75) is 25.2 Å². The minimum atomic E-state index is -0.788. The van der Waals surface area contributed by atoms with Crippen molar-refractivity contribution in [2.75, 3.05) is 5.75 Å². The van der Waals surface area contributed by atoms with E-state index in [-0.39, 0.29) is 27.6 Å². The van der Waals surface area contributed by atoms with E-state index in [1.165, 1.54) is 24.3 Å². The number of hydrogen-bond donors (Lipinski definition) is 1. The number of benzene rings is 2. The number of nitrogens with two attached hydrogens (primary N) is 1. The highest BCUT2D eigenvalue weighted by atomic mass is 32.2. The lowest BCUT2D eigenvalue weighted by molar-refractivity contribution is -0.387. The molecule has 0 spiro atoms. The molecule has 0 saturated heterocycles. The van der Waals surface area contributed by atoms with E-state index in [2.05, 4.69) is 0 Å². The van der Waals surface area contributed by atoms with Crippen molar-refractivity contribution in [3.05, 3.63) is 73.6 Å². The van der Waals surface area contributed by atoms with E-state index in [9.17, 15) is 24.5 Å². The molecule has 9 nitrogen and oxygen atoms in total. The van der Waals surface area contributed by atoms with Crippen LogP contribution in [0.3, 0.4) is 0 Å². The molecule has 0 radical (unpaired) electrons. The van der Waals surface area contributed by atoms with Crippen LogP contribution in [0, 0.1) is 17.0 Å². The zero-order chi connectivity index (χ0) is 22.7. The number of rotatable bonds is 7. The summed E-state index contributed by atoms with van der Waals surface area (Å²) in [6.45, 7) is 3.68. The van der Waals surface area contributed by atoms with Gasteiger partial charge in [0.2, 0.25) is 5.91 Å². The average Bonchev–Trinajstić information content (AvgIpc) is 2.71. The van der Waals surface area contributed by atoms with Crippen LogP contribution >= 0.6 is 11.8 Å². The van der Waals surface area contributed by atoms with Gasteiger partial charge in [-0.1, -0.05) is 6.92 Å². The van der Waals surface area contributed by atoms with E-state index in [0.717, 1.165) is 34.3 Å². The number of primary amides is 1. The molecule has 2 N–H and O–H groups in total. The number of nitro groups is 1. The minimum absolute atomic E-state index is 0.000774. The molecule has 3 rings (SSSR count). The predicted octanol–water partition coefficient (Wildman–Crippen LogP) is 3.37. The Morgan fingerprint density at radius 3 is 2.61 bits per heavy atom. The van der Waals surface area contributed by atoms with E-state index in [1.54, 1.807) is 13.0 Å². The highest BCUT2D eigenvalue weighted by molar-refractivity contribution is 8.00. The molecule has 1 heterocycles. The Bertz CT molecular complexity index is 1270. The Morgan fingerprint density at radius 1 is 1.23 bits per heavy atom. The highest BCUT2D eigenvalue weighted by Gasteiger charge is 2.19. The van der Waals surface area contributed by atoms with Crippen molar-refractivity contribution < 1.29 is 23.7 Å². The Labute approximate surface area is 180 Å². The van der Waals surface area contributed by atoms with Gasteiger partial charge in [0.05, 0.1) is 15.6 Å². The summed E-state index contributed by atoms with van der Waals surface area (Å²) in [6, 6.07) is 8.47.